The van der Waals surface area contributed by atoms with Gasteiger partial charge in [-0.3, -0.25) is 24.0 Å². The Morgan fingerprint density at radius 3 is 2.32 bits per heavy atom. The van der Waals surface area contributed by atoms with Crippen LogP contribution in [0.3, 0.4) is 0 Å². The van der Waals surface area contributed by atoms with Crippen molar-refractivity contribution in [2.24, 2.45) is 34.5 Å². The van der Waals surface area contributed by atoms with Gasteiger partial charge in [0.2, 0.25) is 11.8 Å². The van der Waals surface area contributed by atoms with Crippen LogP contribution in [-0.2, 0) is 25.8 Å². The van der Waals surface area contributed by atoms with E-state index in [0.717, 1.165) is 47.3 Å². The maximum atomic E-state index is 14.6. The number of anilines is 1. The lowest BCUT2D eigenvalue weighted by molar-refractivity contribution is -0.177. The number of carboxylic acid groups (broad SMARTS) is 1. The number of nitrogens with one attached hydrogen (secondary N) is 3. The highest BCUT2D eigenvalue weighted by atomic mass is 16.7. The second-order valence-electron chi connectivity index (χ2n) is 20.2. The number of likely N-dealkylation sites (N-methyl/N-ethyl adjacent to an activating group) is 1. The van der Waals surface area contributed by atoms with Gasteiger partial charge in [0.25, 0.3) is 5.91 Å². The first kappa shape index (κ1) is 47.0. The predicted molar refractivity (Wildman–Crippen MR) is 235 cm³/mol. The number of aliphatic hydroxyl groups excluding tert-OH is 1. The highest BCUT2D eigenvalue weighted by Crippen LogP contribution is 2.61. The van der Waals surface area contributed by atoms with Crippen molar-refractivity contribution in [1.29, 1.82) is 0 Å². The molecule has 3 amide bonds. The molecule has 9 atom stereocenters. The Bertz CT molecular complexity index is 1870. The number of hydroxylamine groups is 2. The number of hydrogen-bond acceptors (Lipinski definition) is 9. The SMILES string of the molecule is Cc1c(CN2O[C@@H](CNC(=O)CCC(=O)O)[C@@H]([C@H](C)O)[C@H]2C(=O)N[C@H]2C[C@@H]3C[C@H]([C@@H]2C)C3(C)C)cccc1-c1cc(C(=O)NC(CN(C)C)CC(C)(C)C)cc(N(C)C)c1. The molecular formula is C47H72N6O7. The molecular weight excluding hydrogens is 761 g/mol. The summed E-state index contributed by atoms with van der Waals surface area (Å²) in [4.78, 5) is 62.9. The zero-order valence-corrected chi connectivity index (χ0v) is 38.1. The Morgan fingerprint density at radius 1 is 1.03 bits per heavy atom. The summed E-state index contributed by atoms with van der Waals surface area (Å²) >= 11 is 0. The topological polar surface area (TPSA) is 164 Å². The highest BCUT2D eigenvalue weighted by molar-refractivity contribution is 5.97. The Balaban J connectivity index is 1.45. The molecule has 2 aromatic rings. The van der Waals surface area contributed by atoms with Crippen LogP contribution in [0.2, 0.25) is 0 Å². The van der Waals surface area contributed by atoms with E-state index in [1.165, 1.54) is 6.42 Å². The monoisotopic (exact) mass is 833 g/mol. The Hall–Kier alpha value is -4.04. The number of carbonyl (C=O) groups is 4. The summed E-state index contributed by atoms with van der Waals surface area (Å²) < 4.78 is 0. The quantitative estimate of drug-likeness (QED) is 0.138. The minimum Gasteiger partial charge on any atom is -0.481 e. The number of aliphatic hydroxyl groups is 1. The van der Waals surface area contributed by atoms with Crippen LogP contribution in [0.1, 0.15) is 102 Å². The third-order valence-corrected chi connectivity index (χ3v) is 13.5. The van der Waals surface area contributed by atoms with E-state index in [0.29, 0.717) is 23.3 Å². The van der Waals surface area contributed by atoms with E-state index in [1.807, 2.05) is 70.3 Å². The third kappa shape index (κ3) is 11.1. The molecule has 0 aromatic heterocycles. The zero-order chi connectivity index (χ0) is 44.4. The molecule has 3 saturated carbocycles. The third-order valence-electron chi connectivity index (χ3n) is 13.5. The van der Waals surface area contributed by atoms with Crippen LogP contribution in [0.15, 0.2) is 36.4 Å². The van der Waals surface area contributed by atoms with E-state index in [9.17, 15) is 24.3 Å². The molecule has 6 rings (SSSR count). The van der Waals surface area contributed by atoms with Crippen LogP contribution in [0.4, 0.5) is 5.69 Å². The second kappa shape index (κ2) is 18.9. The summed E-state index contributed by atoms with van der Waals surface area (Å²) in [7, 11) is 7.93. The number of benzene rings is 2. The molecule has 1 heterocycles. The number of carboxylic acids is 1. The molecule has 2 aromatic carbocycles. The Kier molecular flexibility index (Phi) is 14.8. The fourth-order valence-corrected chi connectivity index (χ4v) is 10.1. The zero-order valence-electron chi connectivity index (χ0n) is 38.1. The smallest absolute Gasteiger partial charge is 0.303 e. The van der Waals surface area contributed by atoms with Crippen LogP contribution >= 0.6 is 0 Å². The molecule has 1 unspecified atom stereocenters. The number of fused-ring (bicyclic) bond motifs is 2. The van der Waals surface area contributed by atoms with E-state index in [-0.39, 0.29) is 60.7 Å². The van der Waals surface area contributed by atoms with Gasteiger partial charge in [-0.2, -0.15) is 5.06 Å². The normalized spacial score (nSPS) is 25.9. The molecule has 4 fully saturated rings. The number of aliphatic carboxylic acids is 1. The van der Waals surface area contributed by atoms with Crippen LogP contribution < -0.4 is 20.9 Å². The number of hydrogen-bond donors (Lipinski definition) is 5. The minimum absolute atomic E-state index is 0.00118. The van der Waals surface area contributed by atoms with Gasteiger partial charge < -0.3 is 36.0 Å². The molecule has 1 saturated heterocycles. The van der Waals surface area contributed by atoms with E-state index in [4.69, 9.17) is 9.94 Å². The second-order valence-corrected chi connectivity index (χ2v) is 20.2. The lowest BCUT2D eigenvalue weighted by atomic mass is 9.45. The van der Waals surface area contributed by atoms with E-state index < -0.39 is 36.0 Å². The molecule has 1 aliphatic heterocycles. The summed E-state index contributed by atoms with van der Waals surface area (Å²) in [6.45, 7) is 18.0. The lowest BCUT2D eigenvalue weighted by Gasteiger charge is -2.62. The van der Waals surface area contributed by atoms with Crippen molar-refractivity contribution in [2.75, 3.05) is 46.2 Å². The first-order chi connectivity index (χ1) is 28.0. The fourth-order valence-electron chi connectivity index (χ4n) is 10.1. The van der Waals surface area contributed by atoms with Crippen molar-refractivity contribution in [3.63, 3.8) is 0 Å². The number of carbonyl (C=O) groups excluding carboxylic acids is 3. The first-order valence-corrected chi connectivity index (χ1v) is 21.7. The average molecular weight is 833 g/mol. The summed E-state index contributed by atoms with van der Waals surface area (Å²) in [6.07, 6.45) is 0.684. The standard InChI is InChI=1S/C47H72N6O7/c1-27-30(14-13-15-36(27)31-18-32(20-35(19-31)52(11)12)44(58)49-34(26-51(9)10)23-46(4,5)6)25-53-43(45(59)50-38-22-33-21-37(28(38)2)47(33,7)8)42(29(3)54)39(60-53)24-48-40(55)16-17-41(56)57/h13-15,18-20,28-29,33-34,37-39,42-43,54H,16-17,21-26H2,1-12H3,(H,48,55)(H,49,58)(H,50,59)(H,56,57)/t28-,29-,33-,34?,37+,38-,39-,42+,43-/m0/s1. The lowest BCUT2D eigenvalue weighted by Crippen LogP contribution is -2.62. The summed E-state index contributed by atoms with van der Waals surface area (Å²) in [5.74, 6) is -1.22. The largest absolute Gasteiger partial charge is 0.481 e. The van der Waals surface area contributed by atoms with Gasteiger partial charge >= 0.3 is 5.97 Å². The van der Waals surface area contributed by atoms with Gasteiger partial charge in [-0.1, -0.05) is 59.7 Å². The van der Waals surface area contributed by atoms with Gasteiger partial charge in [-0.15, -0.1) is 0 Å². The molecule has 13 nitrogen and oxygen atoms in total. The van der Waals surface area contributed by atoms with E-state index >= 15 is 0 Å². The number of amides is 3. The van der Waals surface area contributed by atoms with Gasteiger partial charge in [0, 0.05) is 62.9 Å². The Labute approximate surface area is 357 Å². The van der Waals surface area contributed by atoms with E-state index in [1.54, 1.807) is 12.0 Å². The fraction of sp³-hybridized carbons (Fsp3) is 0.660. The van der Waals surface area contributed by atoms with Crippen molar-refractivity contribution in [2.45, 2.75) is 124 Å². The van der Waals surface area contributed by atoms with Crippen LogP contribution in [0.5, 0.6) is 0 Å². The summed E-state index contributed by atoms with van der Waals surface area (Å²) in [5, 5.41) is 31.5. The van der Waals surface area contributed by atoms with Crippen molar-refractivity contribution in [3.05, 3.63) is 53.1 Å². The van der Waals surface area contributed by atoms with Gasteiger partial charge in [0.1, 0.15) is 12.1 Å². The number of nitrogens with zero attached hydrogens (tertiary/aromatic N) is 3. The molecule has 2 bridgehead atoms. The molecule has 5 N–H and O–H groups in total. The maximum Gasteiger partial charge on any atom is 0.303 e. The van der Waals surface area contributed by atoms with Crippen molar-refractivity contribution >= 4 is 29.4 Å². The average Bonchev–Trinajstić information content (AvgIpc) is 3.51. The van der Waals surface area contributed by atoms with Gasteiger partial charge in [-0.05, 0) is 116 Å². The van der Waals surface area contributed by atoms with Crippen LogP contribution in [-0.4, -0.2) is 115 Å². The van der Waals surface area contributed by atoms with E-state index in [2.05, 4.69) is 68.5 Å². The van der Waals surface area contributed by atoms with Crippen LogP contribution in [0.25, 0.3) is 11.1 Å². The van der Waals surface area contributed by atoms with Gasteiger partial charge in [0.15, 0.2) is 0 Å². The predicted octanol–water partition coefficient (Wildman–Crippen LogP) is 5.47. The van der Waals surface area contributed by atoms with Crippen molar-refractivity contribution in [1.82, 2.24) is 25.9 Å². The molecule has 3 aliphatic carbocycles. The van der Waals surface area contributed by atoms with Crippen LogP contribution in [0, 0.1) is 41.4 Å². The van der Waals surface area contributed by atoms with Gasteiger partial charge in [-0.25, -0.2) is 0 Å². The molecule has 4 aliphatic rings. The maximum absolute atomic E-state index is 14.6. The molecule has 13 heteroatoms. The molecule has 0 radical (unpaired) electrons. The summed E-state index contributed by atoms with van der Waals surface area (Å²) in [5.41, 5.74) is 5.36. The Morgan fingerprint density at radius 2 is 1.73 bits per heavy atom. The minimum atomic E-state index is -1.07. The molecule has 0 spiro atoms. The number of rotatable bonds is 17. The van der Waals surface area contributed by atoms with Gasteiger partial charge in [0.05, 0.1) is 19.1 Å². The van der Waals surface area contributed by atoms with Crippen molar-refractivity contribution < 1.29 is 34.2 Å². The first-order valence-electron chi connectivity index (χ1n) is 21.7. The van der Waals surface area contributed by atoms with Crippen molar-refractivity contribution in [3.8, 4) is 11.1 Å². The molecule has 332 valence electrons. The highest BCUT2D eigenvalue weighted by Gasteiger charge is 2.57. The molecule has 60 heavy (non-hydrogen) atoms. The summed E-state index contributed by atoms with van der Waals surface area (Å²) in [6, 6.07) is 11.0.